The number of fused-ring (bicyclic) bond motifs is 1. The van der Waals surface area contributed by atoms with E-state index in [1.807, 2.05) is 24.3 Å². The smallest absolute Gasteiger partial charge is 0.261 e. The first kappa shape index (κ1) is 21.8. The van der Waals surface area contributed by atoms with Crippen LogP contribution in [0.1, 0.15) is 15.9 Å². The van der Waals surface area contributed by atoms with Gasteiger partial charge in [-0.1, -0.05) is 12.1 Å². The third-order valence-electron chi connectivity index (χ3n) is 5.72. The Hall–Kier alpha value is -4.04. The third kappa shape index (κ3) is 4.27. The molecule has 1 aliphatic rings. The predicted octanol–water partition coefficient (Wildman–Crippen LogP) is 4.89. The number of nitrogens with zero attached hydrogens (tertiary/aromatic N) is 2. The van der Waals surface area contributed by atoms with Crippen LogP contribution < -0.4 is 9.62 Å². The van der Waals surface area contributed by atoms with Gasteiger partial charge in [-0.05, 0) is 89.8 Å². The van der Waals surface area contributed by atoms with Crippen molar-refractivity contribution in [1.29, 1.82) is 0 Å². The lowest BCUT2D eigenvalue weighted by atomic mass is 10.0. The van der Waals surface area contributed by atoms with Crippen LogP contribution in [0.4, 0.5) is 15.8 Å². The number of benzene rings is 3. The van der Waals surface area contributed by atoms with Crippen LogP contribution in [0.2, 0.25) is 0 Å². The minimum atomic E-state index is -3.94. The molecule has 0 saturated carbocycles. The molecular formula is C26H20FN3O3S. The molecule has 0 bridgehead atoms. The molecule has 0 spiro atoms. The molecule has 1 N–H and O–H groups in total. The number of sulfonamides is 1. The molecule has 1 aromatic heterocycles. The van der Waals surface area contributed by atoms with Gasteiger partial charge in [0.15, 0.2) is 0 Å². The fourth-order valence-electron chi connectivity index (χ4n) is 4.02. The summed E-state index contributed by atoms with van der Waals surface area (Å²) in [5.41, 5.74) is 4.84. The molecule has 34 heavy (non-hydrogen) atoms. The molecule has 3 aromatic carbocycles. The van der Waals surface area contributed by atoms with E-state index in [1.54, 1.807) is 29.4 Å². The van der Waals surface area contributed by atoms with Crippen molar-refractivity contribution in [2.75, 3.05) is 16.2 Å². The van der Waals surface area contributed by atoms with Gasteiger partial charge < -0.3 is 4.90 Å². The Morgan fingerprint density at radius 3 is 2.41 bits per heavy atom. The van der Waals surface area contributed by atoms with Gasteiger partial charge in [-0.15, -0.1) is 0 Å². The van der Waals surface area contributed by atoms with Crippen molar-refractivity contribution in [2.45, 2.75) is 11.3 Å². The van der Waals surface area contributed by atoms with E-state index in [0.717, 1.165) is 34.9 Å². The second-order valence-corrected chi connectivity index (χ2v) is 9.61. The number of rotatable bonds is 5. The van der Waals surface area contributed by atoms with Crippen LogP contribution in [0.25, 0.3) is 11.1 Å². The van der Waals surface area contributed by atoms with E-state index >= 15 is 0 Å². The Labute approximate surface area is 196 Å². The fraction of sp³-hybridized carbons (Fsp3) is 0.0769. The van der Waals surface area contributed by atoms with Gasteiger partial charge in [0, 0.05) is 35.9 Å². The topological polar surface area (TPSA) is 79.4 Å². The summed E-state index contributed by atoms with van der Waals surface area (Å²) in [7, 11) is -3.94. The highest BCUT2D eigenvalue weighted by atomic mass is 32.2. The molecule has 1 amide bonds. The zero-order valence-corrected chi connectivity index (χ0v) is 18.8. The number of hydrogen-bond donors (Lipinski definition) is 1. The highest BCUT2D eigenvalue weighted by molar-refractivity contribution is 7.92. The second-order valence-electron chi connectivity index (χ2n) is 7.93. The molecule has 5 rings (SSSR count). The number of carbonyl (C=O) groups is 1. The predicted molar refractivity (Wildman–Crippen MR) is 129 cm³/mol. The lowest BCUT2D eigenvalue weighted by Crippen LogP contribution is -2.28. The molecule has 8 heteroatoms. The van der Waals surface area contributed by atoms with E-state index in [1.165, 1.54) is 30.3 Å². The first-order valence-electron chi connectivity index (χ1n) is 10.6. The Kier molecular flexibility index (Phi) is 5.59. The first-order chi connectivity index (χ1) is 16.4. The normalized spacial score (nSPS) is 12.9. The minimum Gasteiger partial charge on any atom is -0.308 e. The zero-order chi connectivity index (χ0) is 23.7. The average Bonchev–Trinajstić information content (AvgIpc) is 3.28. The molecule has 0 saturated heterocycles. The number of aromatic nitrogens is 1. The maximum atomic E-state index is 13.4. The summed E-state index contributed by atoms with van der Waals surface area (Å²) in [6, 6.07) is 20.9. The zero-order valence-electron chi connectivity index (χ0n) is 18.0. The molecule has 0 fully saturated rings. The summed E-state index contributed by atoms with van der Waals surface area (Å²) >= 11 is 0. The summed E-state index contributed by atoms with van der Waals surface area (Å²) in [5.74, 6) is -0.794. The minimum absolute atomic E-state index is 0.157. The van der Waals surface area contributed by atoms with E-state index in [2.05, 4.69) is 15.8 Å². The number of anilines is 2. The molecule has 2 heterocycles. The number of pyridine rings is 1. The SMILES string of the molecule is O=C(c1ccc(NS(=O)(=O)c2cccc(F)c2)cc1)N1CCc2cc(-c3ccncc3)ccc21. The van der Waals surface area contributed by atoms with Crippen molar-refractivity contribution in [1.82, 2.24) is 4.98 Å². The number of amides is 1. The van der Waals surface area contributed by atoms with E-state index in [0.29, 0.717) is 12.1 Å². The van der Waals surface area contributed by atoms with Crippen LogP contribution in [0.3, 0.4) is 0 Å². The van der Waals surface area contributed by atoms with Crippen LogP contribution in [0, 0.1) is 5.82 Å². The van der Waals surface area contributed by atoms with Gasteiger partial charge in [-0.3, -0.25) is 14.5 Å². The summed E-state index contributed by atoms with van der Waals surface area (Å²) in [6.45, 7) is 0.571. The summed E-state index contributed by atoms with van der Waals surface area (Å²) in [5, 5.41) is 0. The first-order valence-corrected chi connectivity index (χ1v) is 12.1. The van der Waals surface area contributed by atoms with Crippen LogP contribution in [0.5, 0.6) is 0 Å². The van der Waals surface area contributed by atoms with Crippen LogP contribution in [-0.4, -0.2) is 25.9 Å². The lowest BCUT2D eigenvalue weighted by Gasteiger charge is -2.18. The van der Waals surface area contributed by atoms with Gasteiger partial charge >= 0.3 is 0 Å². The molecular weight excluding hydrogens is 453 g/mol. The van der Waals surface area contributed by atoms with Gasteiger partial charge in [-0.25, -0.2) is 12.8 Å². The molecule has 0 atom stereocenters. The molecule has 1 aliphatic heterocycles. The number of hydrogen-bond acceptors (Lipinski definition) is 4. The van der Waals surface area contributed by atoms with Crippen molar-refractivity contribution >= 4 is 27.3 Å². The molecule has 0 unspecified atom stereocenters. The Bertz CT molecular complexity index is 1470. The standard InChI is InChI=1S/C26H20FN3O3S/c27-22-2-1-3-24(17-22)34(32,33)29-23-7-4-19(5-8-23)26(31)30-15-12-21-16-20(6-9-25(21)30)18-10-13-28-14-11-18/h1-11,13-14,16-17,29H,12,15H2. The number of carbonyl (C=O) groups excluding carboxylic acids is 1. The highest BCUT2D eigenvalue weighted by Gasteiger charge is 2.26. The van der Waals surface area contributed by atoms with Crippen molar-refractivity contribution in [3.8, 4) is 11.1 Å². The Morgan fingerprint density at radius 1 is 0.912 bits per heavy atom. The molecule has 4 aromatic rings. The molecule has 0 aliphatic carbocycles. The van der Waals surface area contributed by atoms with Gasteiger partial charge in [0.1, 0.15) is 5.82 Å². The third-order valence-corrected chi connectivity index (χ3v) is 7.10. The van der Waals surface area contributed by atoms with Gasteiger partial charge in [0.05, 0.1) is 4.90 Å². The fourth-order valence-corrected chi connectivity index (χ4v) is 5.11. The number of halogens is 1. The molecule has 0 radical (unpaired) electrons. The summed E-state index contributed by atoms with van der Waals surface area (Å²) in [4.78, 5) is 18.8. The lowest BCUT2D eigenvalue weighted by molar-refractivity contribution is 0.0989. The maximum Gasteiger partial charge on any atom is 0.261 e. The largest absolute Gasteiger partial charge is 0.308 e. The maximum absolute atomic E-state index is 13.4. The van der Waals surface area contributed by atoms with Crippen LogP contribution in [-0.2, 0) is 16.4 Å². The van der Waals surface area contributed by atoms with E-state index in [9.17, 15) is 17.6 Å². The van der Waals surface area contributed by atoms with Crippen molar-refractivity contribution in [3.05, 3.63) is 108 Å². The van der Waals surface area contributed by atoms with E-state index in [4.69, 9.17) is 0 Å². The van der Waals surface area contributed by atoms with Crippen LogP contribution >= 0.6 is 0 Å². The average molecular weight is 474 g/mol. The van der Waals surface area contributed by atoms with Crippen molar-refractivity contribution in [3.63, 3.8) is 0 Å². The van der Waals surface area contributed by atoms with Crippen molar-refractivity contribution < 1.29 is 17.6 Å². The second kappa shape index (κ2) is 8.72. The van der Waals surface area contributed by atoms with Gasteiger partial charge in [0.2, 0.25) is 0 Å². The van der Waals surface area contributed by atoms with Crippen LogP contribution in [0.15, 0.2) is 96.2 Å². The highest BCUT2D eigenvalue weighted by Crippen LogP contribution is 2.33. The monoisotopic (exact) mass is 473 g/mol. The van der Waals surface area contributed by atoms with Crippen molar-refractivity contribution in [2.24, 2.45) is 0 Å². The summed E-state index contributed by atoms with van der Waals surface area (Å²) in [6.07, 6.45) is 4.26. The quantitative estimate of drug-likeness (QED) is 0.448. The van der Waals surface area contributed by atoms with E-state index in [-0.39, 0.29) is 16.5 Å². The Balaban J connectivity index is 1.33. The van der Waals surface area contributed by atoms with E-state index < -0.39 is 15.8 Å². The molecule has 170 valence electrons. The Morgan fingerprint density at radius 2 is 1.68 bits per heavy atom. The van der Waals surface area contributed by atoms with Gasteiger partial charge in [-0.2, -0.15) is 0 Å². The number of nitrogens with one attached hydrogen (secondary N) is 1. The van der Waals surface area contributed by atoms with Gasteiger partial charge in [0.25, 0.3) is 15.9 Å². The molecule has 6 nitrogen and oxygen atoms in total. The summed E-state index contributed by atoms with van der Waals surface area (Å²) < 4.78 is 40.8.